The molecule has 0 radical (unpaired) electrons. The Hall–Kier alpha value is -2.95. The minimum atomic E-state index is -0.362. The van der Waals surface area contributed by atoms with Crippen LogP contribution >= 0.6 is 0 Å². The van der Waals surface area contributed by atoms with Gasteiger partial charge in [-0.15, -0.1) is 0 Å². The van der Waals surface area contributed by atoms with Gasteiger partial charge in [0.1, 0.15) is 5.75 Å². The fraction of sp³-hybridized carbons (Fsp3) is 0.348. The number of hydrogen-bond donors (Lipinski definition) is 1. The number of amides is 1. The number of nitrogens with one attached hydrogen (secondary N) is 1. The summed E-state index contributed by atoms with van der Waals surface area (Å²) in [6, 6.07) is 16.5. The highest BCUT2D eigenvalue weighted by Crippen LogP contribution is 2.52. The minimum absolute atomic E-state index is 0.281. The number of carbonyl (C=O) groups excluding carboxylic acids is 1. The predicted octanol–water partition coefficient (Wildman–Crippen LogP) is 3.56. The topological polar surface area (TPSA) is 48.6 Å². The number of fused-ring (bicyclic) bond motifs is 1. The van der Waals surface area contributed by atoms with E-state index in [1.54, 1.807) is 7.11 Å². The third-order valence-electron chi connectivity index (χ3n) is 6.25. The second kappa shape index (κ2) is 6.59. The van der Waals surface area contributed by atoms with Crippen LogP contribution in [0.5, 0.6) is 5.75 Å². The van der Waals surface area contributed by atoms with E-state index in [0.717, 1.165) is 61.2 Å². The third-order valence-corrected chi connectivity index (χ3v) is 6.25. The lowest BCUT2D eigenvalue weighted by Gasteiger charge is -2.37. The average Bonchev–Trinajstić information content (AvgIpc) is 3.46. The summed E-state index contributed by atoms with van der Waals surface area (Å²) in [5, 5.41) is 1.10. The molecule has 0 unspecified atom stereocenters. The fourth-order valence-corrected chi connectivity index (χ4v) is 4.46. The number of rotatable bonds is 4. The molecule has 3 aromatic rings. The Labute approximate surface area is 164 Å². The molecule has 1 saturated heterocycles. The first-order chi connectivity index (χ1) is 13.7. The van der Waals surface area contributed by atoms with E-state index in [1.165, 1.54) is 5.69 Å². The molecular weight excluding hydrogens is 350 g/mol. The molecule has 2 aliphatic rings. The fourth-order valence-electron chi connectivity index (χ4n) is 4.46. The molecule has 28 heavy (non-hydrogen) atoms. The monoisotopic (exact) mass is 375 g/mol. The first-order valence-electron chi connectivity index (χ1n) is 9.96. The van der Waals surface area contributed by atoms with Crippen LogP contribution in [0.3, 0.4) is 0 Å². The largest absolute Gasteiger partial charge is 0.497 e. The Balaban J connectivity index is 1.36. The Morgan fingerprint density at radius 3 is 2.46 bits per heavy atom. The van der Waals surface area contributed by atoms with E-state index in [0.29, 0.717) is 0 Å². The van der Waals surface area contributed by atoms with E-state index >= 15 is 0 Å². The van der Waals surface area contributed by atoms with Crippen LogP contribution in [0.1, 0.15) is 18.4 Å². The van der Waals surface area contributed by atoms with E-state index in [-0.39, 0.29) is 11.3 Å². The maximum atomic E-state index is 13.5. The Morgan fingerprint density at radius 2 is 1.79 bits per heavy atom. The zero-order valence-corrected chi connectivity index (χ0v) is 16.1. The molecule has 0 atom stereocenters. The number of nitrogens with zero attached hydrogens (tertiary/aromatic N) is 2. The van der Waals surface area contributed by atoms with E-state index in [1.807, 2.05) is 30.5 Å². The molecule has 2 heterocycles. The molecule has 5 rings (SSSR count). The van der Waals surface area contributed by atoms with E-state index in [9.17, 15) is 4.79 Å². The van der Waals surface area contributed by atoms with Gasteiger partial charge in [0.05, 0.1) is 12.5 Å². The van der Waals surface area contributed by atoms with Gasteiger partial charge in [-0.2, -0.15) is 0 Å². The molecule has 1 aromatic heterocycles. The van der Waals surface area contributed by atoms with Gasteiger partial charge >= 0.3 is 0 Å². The molecule has 2 fully saturated rings. The molecule has 2 aromatic carbocycles. The molecule has 5 heteroatoms. The third kappa shape index (κ3) is 2.73. The van der Waals surface area contributed by atoms with Crippen LogP contribution in [-0.4, -0.2) is 49.1 Å². The molecule has 1 aliphatic heterocycles. The summed E-state index contributed by atoms with van der Waals surface area (Å²) in [6.07, 6.45) is 3.87. The van der Waals surface area contributed by atoms with Crippen LogP contribution < -0.4 is 9.64 Å². The van der Waals surface area contributed by atoms with Gasteiger partial charge in [0.2, 0.25) is 5.91 Å². The highest BCUT2D eigenvalue weighted by molar-refractivity contribution is 5.98. The highest BCUT2D eigenvalue weighted by atomic mass is 16.5. The van der Waals surface area contributed by atoms with Crippen LogP contribution in [-0.2, 0) is 10.2 Å². The van der Waals surface area contributed by atoms with Crippen LogP contribution in [0.15, 0.2) is 54.7 Å². The Kier molecular flexibility index (Phi) is 4.04. The van der Waals surface area contributed by atoms with Crippen molar-refractivity contribution in [2.45, 2.75) is 18.3 Å². The number of carbonyl (C=O) groups is 1. The number of para-hydroxylation sites is 1. The van der Waals surface area contributed by atoms with Gasteiger partial charge in [0.25, 0.3) is 0 Å². The zero-order chi connectivity index (χ0) is 19.1. The Morgan fingerprint density at radius 1 is 1.04 bits per heavy atom. The standard InChI is InChI=1S/C23H25N3O2/c1-28-18-7-8-21-19(15-18)20(16-24-21)23(9-10-23)22(27)26-13-11-25(12-14-26)17-5-3-2-4-6-17/h2-8,15-16,24H,9-14H2,1H3. The van der Waals surface area contributed by atoms with Crippen molar-refractivity contribution in [3.8, 4) is 5.75 Å². The molecule has 0 bridgehead atoms. The number of anilines is 1. The van der Waals surface area contributed by atoms with E-state index < -0.39 is 0 Å². The van der Waals surface area contributed by atoms with Crippen molar-refractivity contribution in [1.82, 2.24) is 9.88 Å². The molecule has 1 amide bonds. The van der Waals surface area contributed by atoms with Crippen molar-refractivity contribution in [3.63, 3.8) is 0 Å². The summed E-state index contributed by atoms with van der Waals surface area (Å²) in [6.45, 7) is 3.32. The van der Waals surface area contributed by atoms with Gasteiger partial charge in [-0.25, -0.2) is 0 Å². The van der Waals surface area contributed by atoms with Crippen molar-refractivity contribution < 1.29 is 9.53 Å². The maximum Gasteiger partial charge on any atom is 0.233 e. The number of aromatic amines is 1. The average molecular weight is 375 g/mol. The number of methoxy groups -OCH3 is 1. The number of H-pyrrole nitrogens is 1. The Bertz CT molecular complexity index is 999. The highest BCUT2D eigenvalue weighted by Gasteiger charge is 2.54. The van der Waals surface area contributed by atoms with Crippen LogP contribution in [0.4, 0.5) is 5.69 Å². The molecule has 1 aliphatic carbocycles. The molecule has 5 nitrogen and oxygen atoms in total. The predicted molar refractivity (Wildman–Crippen MR) is 111 cm³/mol. The summed E-state index contributed by atoms with van der Waals surface area (Å²) in [7, 11) is 1.68. The van der Waals surface area contributed by atoms with Crippen LogP contribution in [0.25, 0.3) is 10.9 Å². The second-order valence-electron chi connectivity index (χ2n) is 7.81. The second-order valence-corrected chi connectivity index (χ2v) is 7.81. The lowest BCUT2D eigenvalue weighted by atomic mass is 9.93. The van der Waals surface area contributed by atoms with Crippen molar-refractivity contribution >= 4 is 22.5 Å². The van der Waals surface area contributed by atoms with Crippen LogP contribution in [0.2, 0.25) is 0 Å². The quantitative estimate of drug-likeness (QED) is 0.759. The van der Waals surface area contributed by atoms with Gasteiger partial charge in [0, 0.05) is 49.0 Å². The maximum absolute atomic E-state index is 13.5. The van der Waals surface area contributed by atoms with Gasteiger partial charge < -0.3 is 19.5 Å². The summed E-state index contributed by atoms with van der Waals surface area (Å²) in [4.78, 5) is 21.2. The van der Waals surface area contributed by atoms with Crippen LogP contribution in [0, 0.1) is 0 Å². The molecule has 0 spiro atoms. The SMILES string of the molecule is COc1ccc2[nH]cc(C3(C(=O)N4CCN(c5ccccc5)CC4)CC3)c2c1. The van der Waals surface area contributed by atoms with E-state index in [2.05, 4.69) is 39.0 Å². The van der Waals surface area contributed by atoms with Crippen molar-refractivity contribution in [2.24, 2.45) is 0 Å². The van der Waals surface area contributed by atoms with Crippen molar-refractivity contribution in [2.75, 3.05) is 38.2 Å². The lowest BCUT2D eigenvalue weighted by Crippen LogP contribution is -2.51. The summed E-state index contributed by atoms with van der Waals surface area (Å²) in [5.41, 5.74) is 3.06. The summed E-state index contributed by atoms with van der Waals surface area (Å²) in [5.74, 6) is 1.11. The molecule has 1 N–H and O–H groups in total. The summed E-state index contributed by atoms with van der Waals surface area (Å²) >= 11 is 0. The minimum Gasteiger partial charge on any atom is -0.497 e. The van der Waals surface area contributed by atoms with Gasteiger partial charge in [0.15, 0.2) is 0 Å². The summed E-state index contributed by atoms with van der Waals surface area (Å²) < 4.78 is 5.40. The zero-order valence-electron chi connectivity index (χ0n) is 16.1. The van der Waals surface area contributed by atoms with Gasteiger partial charge in [-0.3, -0.25) is 4.79 Å². The first-order valence-corrected chi connectivity index (χ1v) is 9.96. The number of benzene rings is 2. The van der Waals surface area contributed by atoms with Crippen molar-refractivity contribution in [3.05, 3.63) is 60.3 Å². The normalized spacial score (nSPS) is 18.3. The van der Waals surface area contributed by atoms with Crippen molar-refractivity contribution in [1.29, 1.82) is 0 Å². The lowest BCUT2D eigenvalue weighted by molar-refractivity contribution is -0.134. The van der Waals surface area contributed by atoms with Gasteiger partial charge in [-0.1, -0.05) is 18.2 Å². The molecular formula is C23H25N3O2. The molecule has 144 valence electrons. The molecule has 1 saturated carbocycles. The van der Waals surface area contributed by atoms with Gasteiger partial charge in [-0.05, 0) is 48.7 Å². The number of piperazine rings is 1. The number of hydrogen-bond acceptors (Lipinski definition) is 3. The first kappa shape index (κ1) is 17.2. The number of ether oxygens (including phenoxy) is 1. The smallest absolute Gasteiger partial charge is 0.233 e. The van der Waals surface area contributed by atoms with E-state index in [4.69, 9.17) is 4.74 Å². The number of aromatic nitrogens is 1.